The van der Waals surface area contributed by atoms with Crippen molar-refractivity contribution >= 4 is 28.3 Å². The van der Waals surface area contributed by atoms with Crippen LogP contribution in [0.1, 0.15) is 11.1 Å². The number of amides is 2. The number of carbonyl (C=O) groups excluding carboxylic acids is 1. The van der Waals surface area contributed by atoms with E-state index >= 15 is 0 Å². The van der Waals surface area contributed by atoms with Crippen LogP contribution < -0.4 is 10.6 Å². The minimum absolute atomic E-state index is 0.0841. The molecule has 3 rings (SSSR count). The number of alkyl halides is 3. The van der Waals surface area contributed by atoms with Crippen LogP contribution in [0.3, 0.4) is 0 Å². The standard InChI is InChI=1S/C17H14F3N3O/c1-10-6-12(17(18,19)20)8-14(7-10)23-16(24)22-13-3-2-11-4-5-21-15(11)9-13/h2-9,21H,1H3,(H2,22,23,24). The topological polar surface area (TPSA) is 56.9 Å². The first-order chi connectivity index (χ1) is 11.3. The molecular weight excluding hydrogens is 319 g/mol. The lowest BCUT2D eigenvalue weighted by Crippen LogP contribution is -2.20. The van der Waals surface area contributed by atoms with Crippen molar-refractivity contribution in [2.24, 2.45) is 0 Å². The van der Waals surface area contributed by atoms with Gasteiger partial charge < -0.3 is 15.6 Å². The number of benzene rings is 2. The highest BCUT2D eigenvalue weighted by Crippen LogP contribution is 2.31. The van der Waals surface area contributed by atoms with Gasteiger partial charge in [0.15, 0.2) is 0 Å². The number of aryl methyl sites for hydroxylation is 1. The van der Waals surface area contributed by atoms with Gasteiger partial charge in [-0.25, -0.2) is 4.79 Å². The first-order valence-corrected chi connectivity index (χ1v) is 7.15. The Morgan fingerprint density at radius 1 is 1.00 bits per heavy atom. The van der Waals surface area contributed by atoms with Gasteiger partial charge in [0.05, 0.1) is 5.56 Å². The Bertz CT molecular complexity index is 899. The van der Waals surface area contributed by atoms with E-state index in [0.717, 1.165) is 23.0 Å². The lowest BCUT2D eigenvalue weighted by Gasteiger charge is -2.12. The molecule has 0 atom stereocenters. The molecule has 2 aromatic carbocycles. The van der Waals surface area contributed by atoms with Gasteiger partial charge in [-0.2, -0.15) is 13.2 Å². The Kier molecular flexibility index (Phi) is 3.92. The van der Waals surface area contributed by atoms with Crippen molar-refractivity contribution in [3.05, 3.63) is 59.8 Å². The van der Waals surface area contributed by atoms with Gasteiger partial charge in [0.1, 0.15) is 0 Å². The summed E-state index contributed by atoms with van der Waals surface area (Å²) in [5.41, 5.74) is 1.08. The van der Waals surface area contributed by atoms with Gasteiger partial charge in [-0.1, -0.05) is 6.07 Å². The molecule has 4 nitrogen and oxygen atoms in total. The monoisotopic (exact) mass is 333 g/mol. The first-order valence-electron chi connectivity index (χ1n) is 7.15. The summed E-state index contributed by atoms with van der Waals surface area (Å²) in [6.45, 7) is 1.54. The zero-order valence-corrected chi connectivity index (χ0v) is 12.7. The number of hydrogen-bond acceptors (Lipinski definition) is 1. The van der Waals surface area contributed by atoms with Gasteiger partial charge >= 0.3 is 12.2 Å². The van der Waals surface area contributed by atoms with E-state index in [1.54, 1.807) is 18.3 Å². The van der Waals surface area contributed by atoms with E-state index < -0.39 is 17.8 Å². The minimum atomic E-state index is -4.46. The average Bonchev–Trinajstić information content (AvgIpc) is 2.93. The Balaban J connectivity index is 1.75. The quantitative estimate of drug-likeness (QED) is 0.597. The number of H-pyrrole nitrogens is 1. The molecule has 0 radical (unpaired) electrons. The summed E-state index contributed by atoms with van der Waals surface area (Å²) in [5, 5.41) is 6.02. The summed E-state index contributed by atoms with van der Waals surface area (Å²) in [6, 6.07) is 9.98. The Morgan fingerprint density at radius 2 is 1.75 bits per heavy atom. The molecule has 0 spiro atoms. The van der Waals surface area contributed by atoms with E-state index in [1.165, 1.54) is 13.0 Å². The van der Waals surface area contributed by atoms with E-state index in [1.807, 2.05) is 12.1 Å². The number of carbonyl (C=O) groups is 1. The second kappa shape index (κ2) is 5.92. The predicted molar refractivity (Wildman–Crippen MR) is 87.1 cm³/mol. The molecule has 3 aromatic rings. The van der Waals surface area contributed by atoms with E-state index in [-0.39, 0.29) is 5.69 Å². The highest BCUT2D eigenvalue weighted by Gasteiger charge is 2.31. The summed E-state index contributed by atoms with van der Waals surface area (Å²) < 4.78 is 38.5. The van der Waals surface area contributed by atoms with Gasteiger partial charge in [0.2, 0.25) is 0 Å². The van der Waals surface area contributed by atoms with E-state index in [9.17, 15) is 18.0 Å². The number of aromatic nitrogens is 1. The average molecular weight is 333 g/mol. The fraction of sp³-hybridized carbons (Fsp3) is 0.118. The summed E-state index contributed by atoms with van der Waals surface area (Å²) in [5.74, 6) is 0. The molecule has 0 aliphatic heterocycles. The van der Waals surface area contributed by atoms with Crippen molar-refractivity contribution in [3.63, 3.8) is 0 Å². The summed E-state index contributed by atoms with van der Waals surface area (Å²) in [7, 11) is 0. The number of halogens is 3. The van der Waals surface area contributed by atoms with Crippen molar-refractivity contribution in [2.75, 3.05) is 10.6 Å². The zero-order valence-electron chi connectivity index (χ0n) is 12.7. The summed E-state index contributed by atoms with van der Waals surface area (Å²) >= 11 is 0. The third-order valence-corrected chi connectivity index (χ3v) is 3.48. The van der Waals surface area contributed by atoms with Crippen LogP contribution in [0.5, 0.6) is 0 Å². The van der Waals surface area contributed by atoms with Crippen LogP contribution in [0.25, 0.3) is 10.9 Å². The molecule has 3 N–H and O–H groups in total. The molecule has 0 aliphatic carbocycles. The Hall–Kier alpha value is -2.96. The molecule has 2 amide bonds. The molecule has 7 heteroatoms. The van der Waals surface area contributed by atoms with E-state index in [4.69, 9.17) is 0 Å². The molecule has 0 saturated heterocycles. The molecule has 0 fully saturated rings. The van der Waals surface area contributed by atoms with Crippen LogP contribution in [0.4, 0.5) is 29.3 Å². The maximum Gasteiger partial charge on any atom is 0.416 e. The van der Waals surface area contributed by atoms with Gasteiger partial charge in [0, 0.05) is 23.1 Å². The van der Waals surface area contributed by atoms with Crippen LogP contribution in [0.15, 0.2) is 48.7 Å². The van der Waals surface area contributed by atoms with Gasteiger partial charge in [-0.3, -0.25) is 0 Å². The van der Waals surface area contributed by atoms with E-state index in [2.05, 4.69) is 15.6 Å². The predicted octanol–water partition coefficient (Wildman–Crippen LogP) is 5.14. The number of fused-ring (bicyclic) bond motifs is 1. The van der Waals surface area contributed by atoms with Crippen LogP contribution in [0.2, 0.25) is 0 Å². The fourth-order valence-electron chi connectivity index (χ4n) is 2.44. The first kappa shape index (κ1) is 15.9. The van der Waals surface area contributed by atoms with Crippen molar-refractivity contribution in [3.8, 4) is 0 Å². The third-order valence-electron chi connectivity index (χ3n) is 3.48. The van der Waals surface area contributed by atoms with Crippen molar-refractivity contribution in [1.82, 2.24) is 4.98 Å². The highest BCUT2D eigenvalue weighted by atomic mass is 19.4. The molecule has 0 unspecified atom stereocenters. The van der Waals surface area contributed by atoms with Crippen molar-refractivity contribution in [2.45, 2.75) is 13.1 Å². The number of hydrogen-bond donors (Lipinski definition) is 3. The normalized spacial score (nSPS) is 11.5. The zero-order chi connectivity index (χ0) is 17.3. The maximum atomic E-state index is 12.8. The SMILES string of the molecule is Cc1cc(NC(=O)Nc2ccc3cc[nH]c3c2)cc(C(F)(F)F)c1. The van der Waals surface area contributed by atoms with Crippen LogP contribution >= 0.6 is 0 Å². The molecule has 1 heterocycles. The molecule has 0 aliphatic rings. The number of anilines is 2. The van der Waals surface area contributed by atoms with Crippen LogP contribution in [0, 0.1) is 6.92 Å². The Morgan fingerprint density at radius 3 is 2.50 bits per heavy atom. The number of aromatic amines is 1. The highest BCUT2D eigenvalue weighted by molar-refractivity contribution is 6.01. The lowest BCUT2D eigenvalue weighted by atomic mass is 10.1. The summed E-state index contributed by atoms with van der Waals surface area (Å²) in [6.07, 6.45) is -2.68. The third kappa shape index (κ3) is 3.51. The lowest BCUT2D eigenvalue weighted by molar-refractivity contribution is -0.137. The Labute approximate surface area is 135 Å². The maximum absolute atomic E-state index is 12.8. The molecule has 124 valence electrons. The van der Waals surface area contributed by atoms with Gasteiger partial charge in [-0.05, 0) is 54.3 Å². The molecule has 0 bridgehead atoms. The number of nitrogens with one attached hydrogen (secondary N) is 3. The smallest absolute Gasteiger partial charge is 0.361 e. The van der Waals surface area contributed by atoms with E-state index in [0.29, 0.717) is 11.3 Å². The second-order valence-corrected chi connectivity index (χ2v) is 5.44. The number of rotatable bonds is 2. The van der Waals surface area contributed by atoms with Crippen LogP contribution in [-0.4, -0.2) is 11.0 Å². The largest absolute Gasteiger partial charge is 0.416 e. The molecule has 24 heavy (non-hydrogen) atoms. The molecule has 1 aromatic heterocycles. The van der Waals surface area contributed by atoms with Crippen LogP contribution in [-0.2, 0) is 6.18 Å². The van der Waals surface area contributed by atoms with Crippen molar-refractivity contribution in [1.29, 1.82) is 0 Å². The van der Waals surface area contributed by atoms with Gasteiger partial charge in [0.25, 0.3) is 0 Å². The van der Waals surface area contributed by atoms with Gasteiger partial charge in [-0.15, -0.1) is 0 Å². The minimum Gasteiger partial charge on any atom is -0.361 e. The van der Waals surface area contributed by atoms with Crippen molar-refractivity contribution < 1.29 is 18.0 Å². The fourth-order valence-corrected chi connectivity index (χ4v) is 2.44. The summed E-state index contributed by atoms with van der Waals surface area (Å²) in [4.78, 5) is 15.0. The molecule has 0 saturated carbocycles. The second-order valence-electron chi connectivity index (χ2n) is 5.44. The molecular formula is C17H14F3N3O. The number of urea groups is 1.